The highest BCUT2D eigenvalue weighted by molar-refractivity contribution is 6.32. The van der Waals surface area contributed by atoms with Crippen LogP contribution in [-0.2, 0) is 6.42 Å². The summed E-state index contributed by atoms with van der Waals surface area (Å²) < 4.78 is 10.4. The molecular formula is C15H16ClNO3. The topological polar surface area (TPSA) is 51.5 Å². The van der Waals surface area contributed by atoms with Crippen LogP contribution in [0.3, 0.4) is 0 Å². The van der Waals surface area contributed by atoms with Gasteiger partial charge in [0, 0.05) is 6.54 Å². The van der Waals surface area contributed by atoms with Crippen molar-refractivity contribution in [1.29, 1.82) is 0 Å². The second-order valence-electron chi connectivity index (χ2n) is 4.18. The molecule has 1 heterocycles. The first-order chi connectivity index (χ1) is 9.70. The molecule has 0 atom stereocenters. The van der Waals surface area contributed by atoms with Crippen LogP contribution < -0.4 is 10.1 Å². The summed E-state index contributed by atoms with van der Waals surface area (Å²) in [6.45, 7) is 3.01. The first kappa shape index (κ1) is 14.5. The monoisotopic (exact) mass is 293 g/mol. The second-order valence-corrected chi connectivity index (χ2v) is 4.59. The molecule has 0 aliphatic heterocycles. The van der Waals surface area contributed by atoms with Gasteiger partial charge in [-0.3, -0.25) is 4.79 Å². The summed E-state index contributed by atoms with van der Waals surface area (Å²) in [7, 11) is 0. The molecular weight excluding hydrogens is 278 g/mol. The molecule has 4 nitrogen and oxygen atoms in total. The predicted molar refractivity (Wildman–Crippen MR) is 77.4 cm³/mol. The molecule has 1 aromatic carbocycles. The van der Waals surface area contributed by atoms with E-state index >= 15 is 0 Å². The molecule has 0 fully saturated rings. The van der Waals surface area contributed by atoms with Crippen LogP contribution in [0.2, 0.25) is 5.02 Å². The van der Waals surface area contributed by atoms with Gasteiger partial charge in [0.15, 0.2) is 5.76 Å². The van der Waals surface area contributed by atoms with Gasteiger partial charge in [-0.25, -0.2) is 0 Å². The smallest absolute Gasteiger partial charge is 0.286 e. The van der Waals surface area contributed by atoms with Gasteiger partial charge >= 0.3 is 0 Å². The van der Waals surface area contributed by atoms with E-state index in [1.54, 1.807) is 12.1 Å². The fraction of sp³-hybridized carbons (Fsp3) is 0.267. The standard InChI is InChI=1S/C15H16ClNO3/c1-2-19-13-6-5-11(10-12(13)16)7-8-17-15(18)14-4-3-9-20-14/h3-6,9-10H,2,7-8H2,1H3,(H,17,18). The van der Waals surface area contributed by atoms with Gasteiger partial charge in [0.2, 0.25) is 0 Å². The van der Waals surface area contributed by atoms with Crippen LogP contribution in [0.25, 0.3) is 0 Å². The third-order valence-electron chi connectivity index (χ3n) is 2.74. The lowest BCUT2D eigenvalue weighted by Gasteiger charge is -2.08. The fourth-order valence-electron chi connectivity index (χ4n) is 1.79. The Morgan fingerprint density at radius 2 is 2.25 bits per heavy atom. The minimum absolute atomic E-state index is 0.216. The summed E-state index contributed by atoms with van der Waals surface area (Å²) in [4.78, 5) is 11.7. The number of furan rings is 1. The lowest BCUT2D eigenvalue weighted by Crippen LogP contribution is -2.25. The third kappa shape index (κ3) is 3.78. The molecule has 2 aromatic rings. The van der Waals surface area contributed by atoms with Gasteiger partial charge in [-0.15, -0.1) is 0 Å². The van der Waals surface area contributed by atoms with E-state index in [9.17, 15) is 4.79 Å². The quantitative estimate of drug-likeness (QED) is 0.889. The predicted octanol–water partition coefficient (Wildman–Crippen LogP) is 3.30. The summed E-state index contributed by atoms with van der Waals surface area (Å²) >= 11 is 6.10. The number of halogens is 1. The molecule has 0 saturated heterocycles. The number of nitrogens with one attached hydrogen (secondary N) is 1. The lowest BCUT2D eigenvalue weighted by molar-refractivity contribution is 0.0926. The maximum absolute atomic E-state index is 11.7. The molecule has 0 aliphatic rings. The van der Waals surface area contributed by atoms with Gasteiger partial charge in [0.1, 0.15) is 5.75 Å². The SMILES string of the molecule is CCOc1ccc(CCNC(=O)c2ccco2)cc1Cl. The van der Waals surface area contributed by atoms with Crippen LogP contribution in [0.15, 0.2) is 41.0 Å². The van der Waals surface area contributed by atoms with E-state index in [-0.39, 0.29) is 5.91 Å². The maximum Gasteiger partial charge on any atom is 0.286 e. The summed E-state index contributed by atoms with van der Waals surface area (Å²) in [5, 5.41) is 3.37. The van der Waals surface area contributed by atoms with Crippen LogP contribution in [-0.4, -0.2) is 19.1 Å². The summed E-state index contributed by atoms with van der Waals surface area (Å²) in [5.41, 5.74) is 1.04. The summed E-state index contributed by atoms with van der Waals surface area (Å²) in [5.74, 6) is 0.777. The highest BCUT2D eigenvalue weighted by Crippen LogP contribution is 2.25. The highest BCUT2D eigenvalue weighted by Gasteiger charge is 2.07. The van der Waals surface area contributed by atoms with E-state index in [1.165, 1.54) is 6.26 Å². The fourth-order valence-corrected chi connectivity index (χ4v) is 2.05. The molecule has 1 amide bonds. The Kier molecular flexibility index (Phi) is 5.07. The Bertz CT molecular complexity index is 567. The lowest BCUT2D eigenvalue weighted by atomic mass is 10.1. The maximum atomic E-state index is 11.7. The largest absolute Gasteiger partial charge is 0.492 e. The van der Waals surface area contributed by atoms with Crippen LogP contribution in [0.1, 0.15) is 23.0 Å². The Morgan fingerprint density at radius 3 is 2.90 bits per heavy atom. The van der Waals surface area contributed by atoms with Gasteiger partial charge in [0.25, 0.3) is 5.91 Å². The van der Waals surface area contributed by atoms with Crippen molar-refractivity contribution in [3.05, 3.63) is 52.9 Å². The molecule has 0 bridgehead atoms. The second kappa shape index (κ2) is 7.01. The van der Waals surface area contributed by atoms with Crippen molar-refractivity contribution in [2.45, 2.75) is 13.3 Å². The first-order valence-electron chi connectivity index (χ1n) is 6.43. The van der Waals surface area contributed by atoms with Crippen molar-refractivity contribution in [2.24, 2.45) is 0 Å². The number of carbonyl (C=O) groups excluding carboxylic acids is 1. The van der Waals surface area contributed by atoms with E-state index in [2.05, 4.69) is 5.32 Å². The van der Waals surface area contributed by atoms with Crippen molar-refractivity contribution < 1.29 is 13.9 Å². The molecule has 0 radical (unpaired) electrons. The van der Waals surface area contributed by atoms with Crippen molar-refractivity contribution in [3.8, 4) is 5.75 Å². The molecule has 0 saturated carbocycles. The van der Waals surface area contributed by atoms with Crippen molar-refractivity contribution >= 4 is 17.5 Å². The molecule has 2 rings (SSSR count). The Balaban J connectivity index is 1.85. The van der Waals surface area contributed by atoms with E-state index in [1.807, 2.05) is 25.1 Å². The molecule has 0 aliphatic carbocycles. The molecule has 0 spiro atoms. The number of benzene rings is 1. The Morgan fingerprint density at radius 1 is 1.40 bits per heavy atom. The number of amides is 1. The average molecular weight is 294 g/mol. The molecule has 1 N–H and O–H groups in total. The molecule has 20 heavy (non-hydrogen) atoms. The van der Waals surface area contributed by atoms with Crippen LogP contribution in [0.4, 0.5) is 0 Å². The van der Waals surface area contributed by atoms with E-state index in [0.717, 1.165) is 5.56 Å². The van der Waals surface area contributed by atoms with Gasteiger partial charge < -0.3 is 14.5 Å². The van der Waals surface area contributed by atoms with Gasteiger partial charge in [-0.1, -0.05) is 17.7 Å². The van der Waals surface area contributed by atoms with E-state index < -0.39 is 0 Å². The normalized spacial score (nSPS) is 10.3. The molecule has 106 valence electrons. The Hall–Kier alpha value is -1.94. The van der Waals surface area contributed by atoms with Crippen LogP contribution in [0, 0.1) is 0 Å². The van der Waals surface area contributed by atoms with Gasteiger partial charge in [-0.05, 0) is 43.2 Å². The van der Waals surface area contributed by atoms with Gasteiger partial charge in [0.05, 0.1) is 17.9 Å². The zero-order valence-corrected chi connectivity index (χ0v) is 11.9. The molecule has 5 heteroatoms. The first-order valence-corrected chi connectivity index (χ1v) is 6.81. The molecule has 1 aromatic heterocycles. The average Bonchev–Trinajstić information content (AvgIpc) is 2.96. The van der Waals surface area contributed by atoms with Crippen molar-refractivity contribution in [2.75, 3.05) is 13.2 Å². The minimum Gasteiger partial charge on any atom is -0.492 e. The Labute approximate surface area is 122 Å². The van der Waals surface area contributed by atoms with Crippen molar-refractivity contribution in [3.63, 3.8) is 0 Å². The highest BCUT2D eigenvalue weighted by atomic mass is 35.5. The minimum atomic E-state index is -0.216. The summed E-state index contributed by atoms with van der Waals surface area (Å²) in [6, 6.07) is 8.95. The molecule has 0 unspecified atom stereocenters. The van der Waals surface area contributed by atoms with Crippen molar-refractivity contribution in [1.82, 2.24) is 5.32 Å². The zero-order chi connectivity index (χ0) is 14.4. The number of hydrogen-bond acceptors (Lipinski definition) is 3. The number of ether oxygens (including phenoxy) is 1. The van der Waals surface area contributed by atoms with E-state index in [4.69, 9.17) is 20.8 Å². The summed E-state index contributed by atoms with van der Waals surface area (Å²) in [6.07, 6.45) is 2.17. The number of rotatable bonds is 6. The van der Waals surface area contributed by atoms with Crippen LogP contribution >= 0.6 is 11.6 Å². The third-order valence-corrected chi connectivity index (χ3v) is 3.04. The van der Waals surface area contributed by atoms with E-state index in [0.29, 0.717) is 36.1 Å². The van der Waals surface area contributed by atoms with Crippen LogP contribution in [0.5, 0.6) is 5.75 Å². The van der Waals surface area contributed by atoms with Gasteiger partial charge in [-0.2, -0.15) is 0 Å². The number of hydrogen-bond donors (Lipinski definition) is 1. The zero-order valence-electron chi connectivity index (χ0n) is 11.2. The number of carbonyl (C=O) groups is 1.